The Bertz CT molecular complexity index is 1060. The molecule has 1 heterocycles. The van der Waals surface area contributed by atoms with Gasteiger partial charge in [0.1, 0.15) is 5.00 Å². The van der Waals surface area contributed by atoms with Crippen LogP contribution < -0.4 is 21.7 Å². The van der Waals surface area contributed by atoms with Crippen LogP contribution in [0.1, 0.15) is 27.8 Å². The van der Waals surface area contributed by atoms with Crippen LogP contribution in [0, 0.1) is 0 Å². The second kappa shape index (κ2) is 8.72. The van der Waals surface area contributed by atoms with Crippen molar-refractivity contribution < 1.29 is 14.4 Å². The molecule has 0 spiro atoms. The van der Waals surface area contributed by atoms with Crippen LogP contribution in [0.25, 0.3) is 0 Å². The Balaban J connectivity index is 1.77. The highest BCUT2D eigenvalue weighted by molar-refractivity contribution is 7.20. The van der Waals surface area contributed by atoms with E-state index in [1.54, 1.807) is 48.5 Å². The number of hydrogen-bond donors (Lipinski definition) is 4. The van der Waals surface area contributed by atoms with E-state index in [1.807, 2.05) is 0 Å². The number of halogens is 1. The largest absolute Gasteiger partial charge is 0.364 e. The normalized spacial score (nSPS) is 10.3. The monoisotopic (exact) mass is 429 g/mol. The number of amides is 3. The standard InChI is InChI=1S/C19H16ClN5O3S/c1-10(26)22-13-6-2-11(3-7-13)17(28)25-18-15(16(21)27)24-19(29-18)23-14-8-4-12(20)5-9-14/h2-9H,1H3,(H2,21,27)(H,22,26)(H,23,24)(H,25,28). The second-order valence-electron chi connectivity index (χ2n) is 5.91. The summed E-state index contributed by atoms with van der Waals surface area (Å²) in [5.41, 5.74) is 6.97. The first-order chi connectivity index (χ1) is 13.8. The number of carbonyl (C=O) groups is 3. The van der Waals surface area contributed by atoms with Gasteiger partial charge in [-0.2, -0.15) is 0 Å². The summed E-state index contributed by atoms with van der Waals surface area (Å²) < 4.78 is 0. The number of carbonyl (C=O) groups excluding carboxylic acids is 3. The van der Waals surface area contributed by atoms with E-state index in [0.717, 1.165) is 11.3 Å². The zero-order valence-corrected chi connectivity index (χ0v) is 16.7. The number of benzene rings is 2. The number of nitrogens with two attached hydrogens (primary N) is 1. The highest BCUT2D eigenvalue weighted by atomic mass is 35.5. The zero-order chi connectivity index (χ0) is 21.0. The third-order valence-corrected chi connectivity index (χ3v) is 4.79. The molecule has 0 aliphatic rings. The molecule has 0 aliphatic heterocycles. The molecule has 0 radical (unpaired) electrons. The second-order valence-corrected chi connectivity index (χ2v) is 7.34. The molecule has 0 unspecified atom stereocenters. The Morgan fingerprint density at radius 3 is 2.17 bits per heavy atom. The first-order valence-electron chi connectivity index (χ1n) is 8.34. The summed E-state index contributed by atoms with van der Waals surface area (Å²) in [6.45, 7) is 1.39. The van der Waals surface area contributed by atoms with Crippen LogP contribution in [0.3, 0.4) is 0 Å². The van der Waals surface area contributed by atoms with Crippen molar-refractivity contribution in [2.45, 2.75) is 6.92 Å². The van der Waals surface area contributed by atoms with E-state index in [1.165, 1.54) is 6.92 Å². The number of rotatable bonds is 6. The van der Waals surface area contributed by atoms with Crippen molar-refractivity contribution in [1.82, 2.24) is 4.98 Å². The fourth-order valence-electron chi connectivity index (χ4n) is 2.37. The molecule has 2 aromatic carbocycles. The molecular weight excluding hydrogens is 414 g/mol. The van der Waals surface area contributed by atoms with Crippen LogP contribution in [-0.2, 0) is 4.79 Å². The van der Waals surface area contributed by atoms with Gasteiger partial charge in [-0.3, -0.25) is 14.4 Å². The van der Waals surface area contributed by atoms with Gasteiger partial charge in [0.25, 0.3) is 11.8 Å². The van der Waals surface area contributed by atoms with Crippen LogP contribution in [0.5, 0.6) is 0 Å². The fourth-order valence-corrected chi connectivity index (χ4v) is 3.38. The lowest BCUT2D eigenvalue weighted by Gasteiger charge is -2.05. The Morgan fingerprint density at radius 2 is 1.59 bits per heavy atom. The highest BCUT2D eigenvalue weighted by Gasteiger charge is 2.19. The molecule has 0 saturated heterocycles. The third-order valence-electron chi connectivity index (χ3n) is 3.65. The maximum absolute atomic E-state index is 12.5. The van der Waals surface area contributed by atoms with E-state index in [9.17, 15) is 14.4 Å². The van der Waals surface area contributed by atoms with Crippen molar-refractivity contribution in [3.05, 3.63) is 64.8 Å². The van der Waals surface area contributed by atoms with Gasteiger partial charge >= 0.3 is 0 Å². The van der Waals surface area contributed by atoms with Gasteiger partial charge in [-0.25, -0.2) is 4.98 Å². The summed E-state index contributed by atoms with van der Waals surface area (Å²) in [5.74, 6) is -1.41. The Morgan fingerprint density at radius 1 is 0.966 bits per heavy atom. The van der Waals surface area contributed by atoms with Gasteiger partial charge in [0.05, 0.1) is 0 Å². The van der Waals surface area contributed by atoms with E-state index in [4.69, 9.17) is 17.3 Å². The van der Waals surface area contributed by atoms with Crippen LogP contribution in [0.15, 0.2) is 48.5 Å². The van der Waals surface area contributed by atoms with Crippen molar-refractivity contribution >= 4 is 62.2 Å². The van der Waals surface area contributed by atoms with E-state index >= 15 is 0 Å². The molecule has 0 atom stereocenters. The minimum atomic E-state index is -0.762. The van der Waals surface area contributed by atoms with Crippen molar-refractivity contribution in [3.63, 3.8) is 0 Å². The molecule has 0 aliphatic carbocycles. The molecule has 5 N–H and O–H groups in total. The summed E-state index contributed by atoms with van der Waals surface area (Å²) >= 11 is 6.94. The Labute approximate surface area is 175 Å². The molecule has 3 amide bonds. The summed E-state index contributed by atoms with van der Waals surface area (Å²) in [4.78, 5) is 39.5. The van der Waals surface area contributed by atoms with Gasteiger partial charge in [0, 0.05) is 28.9 Å². The third kappa shape index (κ3) is 5.31. The minimum Gasteiger partial charge on any atom is -0.364 e. The minimum absolute atomic E-state index is 0.0466. The van der Waals surface area contributed by atoms with Crippen molar-refractivity contribution in [1.29, 1.82) is 0 Å². The van der Waals surface area contributed by atoms with Crippen molar-refractivity contribution in [2.24, 2.45) is 5.73 Å². The molecule has 148 valence electrons. The number of aromatic nitrogens is 1. The van der Waals surface area contributed by atoms with Gasteiger partial charge in [-0.1, -0.05) is 22.9 Å². The van der Waals surface area contributed by atoms with Gasteiger partial charge in [0.15, 0.2) is 10.8 Å². The number of hydrogen-bond acceptors (Lipinski definition) is 6. The predicted molar refractivity (Wildman–Crippen MR) is 114 cm³/mol. The fraction of sp³-hybridized carbons (Fsp3) is 0.0526. The first kappa shape index (κ1) is 20.3. The SMILES string of the molecule is CC(=O)Nc1ccc(C(=O)Nc2sc(Nc3ccc(Cl)cc3)nc2C(N)=O)cc1. The van der Waals surface area contributed by atoms with Crippen LogP contribution in [-0.4, -0.2) is 22.7 Å². The molecule has 8 nitrogen and oxygen atoms in total. The number of anilines is 4. The van der Waals surface area contributed by atoms with Crippen LogP contribution >= 0.6 is 22.9 Å². The van der Waals surface area contributed by atoms with Gasteiger partial charge < -0.3 is 21.7 Å². The summed E-state index contributed by atoms with van der Waals surface area (Å²) in [5, 5.41) is 9.51. The molecule has 3 rings (SSSR count). The molecule has 0 fully saturated rings. The topological polar surface area (TPSA) is 126 Å². The predicted octanol–water partition coefficient (Wildman–Crippen LogP) is 3.85. The molecule has 0 saturated carbocycles. The zero-order valence-electron chi connectivity index (χ0n) is 15.2. The maximum atomic E-state index is 12.5. The van der Waals surface area contributed by atoms with E-state index in [-0.39, 0.29) is 16.6 Å². The Kier molecular flexibility index (Phi) is 6.10. The van der Waals surface area contributed by atoms with Gasteiger partial charge in [0.2, 0.25) is 5.91 Å². The molecular formula is C19H16ClN5O3S. The lowest BCUT2D eigenvalue weighted by atomic mass is 10.2. The average molecular weight is 430 g/mol. The van der Waals surface area contributed by atoms with E-state index in [2.05, 4.69) is 20.9 Å². The number of nitrogens with zero attached hydrogens (tertiary/aromatic N) is 1. The number of primary amides is 1. The lowest BCUT2D eigenvalue weighted by Crippen LogP contribution is -2.17. The van der Waals surface area contributed by atoms with E-state index < -0.39 is 11.8 Å². The van der Waals surface area contributed by atoms with Crippen LogP contribution in [0.2, 0.25) is 5.02 Å². The summed E-state index contributed by atoms with van der Waals surface area (Å²) in [6.07, 6.45) is 0. The smallest absolute Gasteiger partial charge is 0.270 e. The summed E-state index contributed by atoms with van der Waals surface area (Å²) in [6, 6.07) is 13.2. The van der Waals surface area contributed by atoms with Crippen molar-refractivity contribution in [2.75, 3.05) is 16.0 Å². The lowest BCUT2D eigenvalue weighted by molar-refractivity contribution is -0.114. The quantitative estimate of drug-likeness (QED) is 0.473. The van der Waals surface area contributed by atoms with Gasteiger partial charge in [-0.05, 0) is 48.5 Å². The first-order valence-corrected chi connectivity index (χ1v) is 9.53. The molecule has 29 heavy (non-hydrogen) atoms. The maximum Gasteiger partial charge on any atom is 0.270 e. The van der Waals surface area contributed by atoms with Crippen molar-refractivity contribution in [3.8, 4) is 0 Å². The average Bonchev–Trinajstić information content (AvgIpc) is 3.06. The number of thiazole rings is 1. The van der Waals surface area contributed by atoms with Crippen LogP contribution in [0.4, 0.5) is 21.5 Å². The highest BCUT2D eigenvalue weighted by Crippen LogP contribution is 2.31. The van der Waals surface area contributed by atoms with Gasteiger partial charge in [-0.15, -0.1) is 0 Å². The Hall–Kier alpha value is -3.43. The van der Waals surface area contributed by atoms with E-state index in [0.29, 0.717) is 27.1 Å². The molecule has 10 heteroatoms. The molecule has 1 aromatic heterocycles. The molecule has 3 aromatic rings. The molecule has 0 bridgehead atoms. The number of nitrogens with one attached hydrogen (secondary N) is 3. The summed E-state index contributed by atoms with van der Waals surface area (Å²) in [7, 11) is 0.